The van der Waals surface area contributed by atoms with E-state index in [4.69, 9.17) is 5.26 Å². The van der Waals surface area contributed by atoms with Crippen molar-refractivity contribution in [2.45, 2.75) is 19.3 Å². The third-order valence-corrected chi connectivity index (χ3v) is 3.58. The number of amides is 1. The minimum Gasteiger partial charge on any atom is -0.322 e. The standard InChI is InChI=1S/C17H15BrN2O/c18-15-9-10-16(14(12-15)8-4-5-11-19)20-17(21)13-6-2-1-3-7-13/h1-3,6-7,9-10,12H,4-5,8H2,(H,20,21). The molecule has 0 unspecified atom stereocenters. The molecule has 3 nitrogen and oxygen atoms in total. The normalized spacial score (nSPS) is 9.90. The fourth-order valence-corrected chi connectivity index (χ4v) is 2.44. The van der Waals surface area contributed by atoms with Crippen LogP contribution in [0.15, 0.2) is 53.0 Å². The highest BCUT2D eigenvalue weighted by Gasteiger charge is 2.09. The number of rotatable bonds is 5. The van der Waals surface area contributed by atoms with Crippen LogP contribution in [0.25, 0.3) is 0 Å². The van der Waals surface area contributed by atoms with E-state index in [0.717, 1.165) is 28.6 Å². The Morgan fingerprint density at radius 1 is 1.19 bits per heavy atom. The lowest BCUT2D eigenvalue weighted by atomic mass is 10.1. The van der Waals surface area contributed by atoms with Crippen molar-refractivity contribution in [2.24, 2.45) is 0 Å². The number of aryl methyl sites for hydroxylation is 1. The molecule has 0 radical (unpaired) electrons. The first-order valence-electron chi connectivity index (χ1n) is 6.72. The highest BCUT2D eigenvalue weighted by molar-refractivity contribution is 9.10. The largest absolute Gasteiger partial charge is 0.322 e. The van der Waals surface area contributed by atoms with Crippen LogP contribution < -0.4 is 5.32 Å². The van der Waals surface area contributed by atoms with Crippen LogP contribution in [0, 0.1) is 11.3 Å². The van der Waals surface area contributed by atoms with Gasteiger partial charge < -0.3 is 5.32 Å². The molecule has 0 heterocycles. The second-order valence-electron chi connectivity index (χ2n) is 4.63. The molecule has 2 rings (SSSR count). The molecule has 21 heavy (non-hydrogen) atoms. The number of unbranched alkanes of at least 4 members (excludes halogenated alkanes) is 1. The maximum Gasteiger partial charge on any atom is 0.255 e. The number of carbonyl (C=O) groups excluding carboxylic acids is 1. The van der Waals surface area contributed by atoms with Gasteiger partial charge in [-0.1, -0.05) is 34.1 Å². The van der Waals surface area contributed by atoms with Gasteiger partial charge in [0.15, 0.2) is 0 Å². The number of carbonyl (C=O) groups is 1. The Balaban J connectivity index is 2.15. The number of benzene rings is 2. The van der Waals surface area contributed by atoms with Crippen molar-refractivity contribution in [2.75, 3.05) is 5.32 Å². The fourth-order valence-electron chi connectivity index (χ4n) is 2.03. The zero-order valence-corrected chi connectivity index (χ0v) is 13.1. The van der Waals surface area contributed by atoms with Gasteiger partial charge >= 0.3 is 0 Å². The molecule has 0 atom stereocenters. The number of hydrogen-bond acceptors (Lipinski definition) is 2. The Labute approximate surface area is 132 Å². The number of hydrogen-bond donors (Lipinski definition) is 1. The molecule has 1 amide bonds. The third kappa shape index (κ3) is 4.44. The van der Waals surface area contributed by atoms with Crippen LogP contribution in [0.2, 0.25) is 0 Å². The number of nitrogens with zero attached hydrogens (tertiary/aromatic N) is 1. The Bertz CT molecular complexity index is 662. The topological polar surface area (TPSA) is 52.9 Å². The van der Waals surface area contributed by atoms with Crippen molar-refractivity contribution in [3.63, 3.8) is 0 Å². The van der Waals surface area contributed by atoms with Crippen molar-refractivity contribution >= 4 is 27.5 Å². The fraction of sp³-hybridized carbons (Fsp3) is 0.176. The van der Waals surface area contributed by atoms with Gasteiger partial charge in [0.1, 0.15) is 0 Å². The van der Waals surface area contributed by atoms with E-state index in [9.17, 15) is 4.79 Å². The van der Waals surface area contributed by atoms with Crippen molar-refractivity contribution in [3.8, 4) is 6.07 Å². The van der Waals surface area contributed by atoms with Gasteiger partial charge in [-0.05, 0) is 48.7 Å². The summed E-state index contributed by atoms with van der Waals surface area (Å²) in [6.07, 6.45) is 2.05. The van der Waals surface area contributed by atoms with Gasteiger partial charge in [-0.3, -0.25) is 4.79 Å². The molecule has 0 saturated carbocycles. The lowest BCUT2D eigenvalue weighted by molar-refractivity contribution is 0.102. The summed E-state index contributed by atoms with van der Waals surface area (Å²) >= 11 is 3.44. The summed E-state index contributed by atoms with van der Waals surface area (Å²) in [5, 5.41) is 11.6. The molecule has 0 aliphatic carbocycles. The van der Waals surface area contributed by atoms with Crippen LogP contribution in [0.5, 0.6) is 0 Å². The number of nitrogens with one attached hydrogen (secondary N) is 1. The van der Waals surface area contributed by atoms with Gasteiger partial charge in [-0.2, -0.15) is 5.26 Å². The monoisotopic (exact) mass is 342 g/mol. The van der Waals surface area contributed by atoms with Crippen LogP contribution in [-0.4, -0.2) is 5.91 Å². The third-order valence-electron chi connectivity index (χ3n) is 3.09. The van der Waals surface area contributed by atoms with Crippen LogP contribution in [-0.2, 0) is 6.42 Å². The maximum atomic E-state index is 12.2. The summed E-state index contributed by atoms with van der Waals surface area (Å²) in [6, 6.07) is 17.0. The Morgan fingerprint density at radius 2 is 1.95 bits per heavy atom. The van der Waals surface area contributed by atoms with Gasteiger partial charge in [-0.25, -0.2) is 0 Å². The number of anilines is 1. The number of nitriles is 1. The van der Waals surface area contributed by atoms with Gasteiger partial charge in [0.05, 0.1) is 6.07 Å². The molecular weight excluding hydrogens is 328 g/mol. The lowest BCUT2D eigenvalue weighted by Gasteiger charge is -2.11. The average Bonchev–Trinajstić information content (AvgIpc) is 2.51. The Kier molecular flexibility index (Phi) is 5.53. The van der Waals surface area contributed by atoms with Gasteiger partial charge in [0.2, 0.25) is 0 Å². The first-order chi connectivity index (χ1) is 10.2. The summed E-state index contributed by atoms with van der Waals surface area (Å²) in [7, 11) is 0. The molecule has 4 heteroatoms. The zero-order chi connectivity index (χ0) is 15.1. The summed E-state index contributed by atoms with van der Waals surface area (Å²) < 4.78 is 0.965. The molecule has 0 aliphatic heterocycles. The highest BCUT2D eigenvalue weighted by atomic mass is 79.9. The van der Waals surface area contributed by atoms with E-state index in [1.807, 2.05) is 36.4 Å². The van der Waals surface area contributed by atoms with Crippen molar-refractivity contribution in [3.05, 3.63) is 64.1 Å². The van der Waals surface area contributed by atoms with E-state index in [1.165, 1.54) is 0 Å². The van der Waals surface area contributed by atoms with E-state index in [1.54, 1.807) is 12.1 Å². The zero-order valence-electron chi connectivity index (χ0n) is 11.5. The average molecular weight is 343 g/mol. The molecular formula is C17H15BrN2O. The molecule has 0 aliphatic rings. The van der Waals surface area contributed by atoms with E-state index in [-0.39, 0.29) is 5.91 Å². The molecule has 0 saturated heterocycles. The minimum atomic E-state index is -0.126. The van der Waals surface area contributed by atoms with E-state index >= 15 is 0 Å². The summed E-state index contributed by atoms with van der Waals surface area (Å²) in [5.41, 5.74) is 2.46. The van der Waals surface area contributed by atoms with Gasteiger partial charge in [0, 0.05) is 22.1 Å². The highest BCUT2D eigenvalue weighted by Crippen LogP contribution is 2.23. The minimum absolute atomic E-state index is 0.126. The Hall–Kier alpha value is -2.12. The Morgan fingerprint density at radius 3 is 2.67 bits per heavy atom. The molecule has 0 aromatic heterocycles. The lowest BCUT2D eigenvalue weighted by Crippen LogP contribution is -2.13. The van der Waals surface area contributed by atoms with Gasteiger partial charge in [0.25, 0.3) is 5.91 Å². The molecule has 1 N–H and O–H groups in total. The smallest absolute Gasteiger partial charge is 0.255 e. The molecule has 0 spiro atoms. The molecule has 106 valence electrons. The van der Waals surface area contributed by atoms with Crippen molar-refractivity contribution in [1.29, 1.82) is 5.26 Å². The van der Waals surface area contributed by atoms with Crippen LogP contribution in [0.3, 0.4) is 0 Å². The van der Waals surface area contributed by atoms with Gasteiger partial charge in [-0.15, -0.1) is 0 Å². The molecule has 2 aromatic carbocycles. The van der Waals surface area contributed by atoms with E-state index < -0.39 is 0 Å². The van der Waals surface area contributed by atoms with Crippen LogP contribution in [0.1, 0.15) is 28.8 Å². The molecule has 2 aromatic rings. The van der Waals surface area contributed by atoms with E-state index in [2.05, 4.69) is 27.3 Å². The van der Waals surface area contributed by atoms with Crippen LogP contribution >= 0.6 is 15.9 Å². The summed E-state index contributed by atoms with van der Waals surface area (Å²) in [5.74, 6) is -0.126. The van der Waals surface area contributed by atoms with Crippen molar-refractivity contribution < 1.29 is 4.79 Å². The second kappa shape index (κ2) is 7.61. The van der Waals surface area contributed by atoms with Crippen molar-refractivity contribution in [1.82, 2.24) is 0 Å². The molecule has 0 bridgehead atoms. The quantitative estimate of drug-likeness (QED) is 0.810. The predicted octanol–water partition coefficient (Wildman–Crippen LogP) is 4.55. The SMILES string of the molecule is N#CCCCc1cc(Br)ccc1NC(=O)c1ccccc1. The first kappa shape index (κ1) is 15.3. The van der Waals surface area contributed by atoms with E-state index in [0.29, 0.717) is 12.0 Å². The first-order valence-corrected chi connectivity index (χ1v) is 7.52. The molecule has 0 fully saturated rings. The maximum absolute atomic E-state index is 12.2. The summed E-state index contributed by atoms with van der Waals surface area (Å²) in [6.45, 7) is 0. The number of halogens is 1. The summed E-state index contributed by atoms with van der Waals surface area (Å²) in [4.78, 5) is 12.2. The second-order valence-corrected chi connectivity index (χ2v) is 5.55. The van der Waals surface area contributed by atoms with Crippen LogP contribution in [0.4, 0.5) is 5.69 Å². The predicted molar refractivity (Wildman–Crippen MR) is 87.1 cm³/mol.